The molecule has 0 bridgehead atoms. The fourth-order valence-electron chi connectivity index (χ4n) is 14.8. The fourth-order valence-corrected chi connectivity index (χ4v) is 14.8. The third kappa shape index (κ3) is 51.8. The molecule has 1 N–H and O–H groups in total. The Bertz CT molecular complexity index is 1910. The molecule has 17 heteroatoms. The molecule has 0 spiro atoms. The second-order valence-electron chi connectivity index (χ2n) is 32.0. The number of carbonyl (C=O) groups is 8. The molecular formula is C78H157N8O9+7. The summed E-state index contributed by atoms with van der Waals surface area (Å²) >= 11 is 0. The van der Waals surface area contributed by atoms with E-state index in [1.165, 1.54) is 57.8 Å². The van der Waals surface area contributed by atoms with E-state index in [-0.39, 0.29) is 0 Å². The summed E-state index contributed by atoms with van der Waals surface area (Å²) < 4.78 is 5.63. The van der Waals surface area contributed by atoms with Crippen molar-refractivity contribution in [2.45, 2.75) is 244 Å². The van der Waals surface area contributed by atoms with Crippen LogP contribution in [-0.4, -0.2) is 305 Å². The van der Waals surface area contributed by atoms with Gasteiger partial charge in [-0.2, -0.15) is 0 Å². The zero-order chi connectivity index (χ0) is 70.6. The van der Waals surface area contributed by atoms with Gasteiger partial charge in [0.05, 0.1) is 148 Å². The molecule has 0 amide bonds. The van der Waals surface area contributed by atoms with Gasteiger partial charge in [-0.25, -0.2) is 0 Å². The molecule has 0 rings (SSSR count). The maximum absolute atomic E-state index is 11.9. The van der Waals surface area contributed by atoms with Crippen LogP contribution in [0.15, 0.2) is 0 Å². The number of aliphatic hydroxyl groups is 1. The number of aliphatic hydroxyl groups excluding tert-OH is 1. The molecule has 0 saturated carbocycles. The van der Waals surface area contributed by atoms with Gasteiger partial charge in [-0.05, 0) is 206 Å². The zero-order valence-corrected chi connectivity index (χ0v) is 63.8. The van der Waals surface area contributed by atoms with E-state index in [0.29, 0.717) is 59.0 Å². The number of likely N-dealkylation sites (N-methyl/N-ethyl adjacent to an activating group) is 8. The maximum atomic E-state index is 11.9. The van der Waals surface area contributed by atoms with Gasteiger partial charge in [0.25, 0.3) is 0 Å². The van der Waals surface area contributed by atoms with Gasteiger partial charge in [0.15, 0.2) is 44.0 Å². The maximum Gasteiger partial charge on any atom is 0.174 e. The summed E-state index contributed by atoms with van der Waals surface area (Å²) in [6.07, 6.45) is 52.3. The molecule has 0 aromatic heterocycles. The number of carbonyl (C=O) groups excluding carboxylic acids is 8. The number of hydrogen-bond donors (Lipinski definition) is 1. The average Bonchev–Trinajstić information content (AvgIpc) is 1.80. The molecule has 0 aliphatic carbocycles. The standard InChI is InChI=1S/C78H157N8O9/c1-79(48-71-88)47-31-15-17-33-50-81(3,64-73-90)52-35-19-21-37-54-83(5,66-75-92)56-39-23-25-41-58-85(7,68-77-94)60-43-27-29-45-62-86(8,69-78-95)61-44-28-26-42-59-84(6,67-76-93)57-40-24-22-38-55-82(4,65-74-91)53-36-20-18-34-51-80(2,63-72-89)49-32-16-13-11-9-10-12-14-30-46-70-87/h71-78,87H,9-70H2,1-8H3/q+7. The molecular weight excluding hydrogens is 1190 g/mol. The third-order valence-corrected chi connectivity index (χ3v) is 22.0. The highest BCUT2D eigenvalue weighted by molar-refractivity contribution is 5.52. The average molecular weight is 1350 g/mol. The van der Waals surface area contributed by atoms with Crippen LogP contribution < -0.4 is 0 Å². The Balaban J connectivity index is 4.57. The van der Waals surface area contributed by atoms with E-state index >= 15 is 0 Å². The second kappa shape index (κ2) is 58.8. The summed E-state index contributed by atoms with van der Waals surface area (Å²) in [6.45, 7) is 19.9. The Morgan fingerprint density at radius 1 is 0.211 bits per heavy atom. The van der Waals surface area contributed by atoms with Crippen molar-refractivity contribution >= 4 is 50.3 Å². The lowest BCUT2D eigenvalue weighted by Gasteiger charge is -2.34. The number of rotatable bonds is 77. The van der Waals surface area contributed by atoms with Crippen LogP contribution >= 0.6 is 0 Å². The topological polar surface area (TPSA) is 160 Å². The van der Waals surface area contributed by atoms with Gasteiger partial charge in [-0.3, -0.25) is 38.5 Å². The van der Waals surface area contributed by atoms with E-state index in [1.807, 2.05) is 7.05 Å². The summed E-state index contributed by atoms with van der Waals surface area (Å²) in [4.78, 5) is 95.1. The molecule has 0 aromatic rings. The molecule has 0 aromatic carbocycles. The summed E-state index contributed by atoms with van der Waals surface area (Å²) in [6, 6.07) is 0. The lowest BCUT2D eigenvalue weighted by molar-refractivity contribution is -0.902. The van der Waals surface area contributed by atoms with Gasteiger partial charge in [0.2, 0.25) is 0 Å². The highest BCUT2D eigenvalue weighted by atomic mass is 16.3. The molecule has 0 aliphatic heterocycles. The first-order valence-corrected chi connectivity index (χ1v) is 39.3. The lowest BCUT2D eigenvalue weighted by atomic mass is 10.1. The van der Waals surface area contributed by atoms with Gasteiger partial charge in [-0.15, -0.1) is 0 Å². The monoisotopic (exact) mass is 1350 g/mol. The van der Waals surface area contributed by atoms with E-state index < -0.39 is 0 Å². The van der Waals surface area contributed by atoms with E-state index in [9.17, 15) is 38.4 Å². The normalized spacial score (nSPS) is 16.3. The minimum absolute atomic E-state index is 0.314. The molecule has 7 unspecified atom stereocenters. The van der Waals surface area contributed by atoms with Crippen molar-refractivity contribution in [2.75, 3.05) is 214 Å². The third-order valence-electron chi connectivity index (χ3n) is 22.0. The van der Waals surface area contributed by atoms with Crippen molar-refractivity contribution in [3.05, 3.63) is 0 Å². The van der Waals surface area contributed by atoms with Gasteiger partial charge in [0, 0.05) is 6.61 Å². The summed E-state index contributed by atoms with van der Waals surface area (Å²) in [5.74, 6) is 0. The molecule has 95 heavy (non-hydrogen) atoms. The van der Waals surface area contributed by atoms with E-state index in [1.54, 1.807) is 0 Å². The number of quaternary nitrogens is 7. The Labute approximate surface area is 584 Å². The van der Waals surface area contributed by atoms with Crippen LogP contribution in [0.1, 0.15) is 244 Å². The minimum atomic E-state index is 0.314. The second-order valence-corrected chi connectivity index (χ2v) is 32.0. The van der Waals surface area contributed by atoms with Crippen molar-refractivity contribution in [3.63, 3.8) is 0 Å². The van der Waals surface area contributed by atoms with Crippen LogP contribution in [0.5, 0.6) is 0 Å². The first-order chi connectivity index (χ1) is 45.7. The Hall–Kier alpha value is -3.00. The number of hydrogen-bond acceptors (Lipinski definition) is 10. The predicted molar refractivity (Wildman–Crippen MR) is 394 cm³/mol. The Kier molecular flexibility index (Phi) is 56.9. The van der Waals surface area contributed by atoms with E-state index in [0.717, 1.165) is 366 Å². The predicted octanol–water partition coefficient (Wildman–Crippen LogP) is 11.5. The number of aldehydes is 8. The summed E-state index contributed by atoms with van der Waals surface area (Å²) in [5, 5.41) is 8.94. The van der Waals surface area contributed by atoms with Crippen LogP contribution in [0.3, 0.4) is 0 Å². The largest absolute Gasteiger partial charge is 0.396 e. The van der Waals surface area contributed by atoms with Crippen molar-refractivity contribution < 1.29 is 74.8 Å². The fraction of sp³-hybridized carbons (Fsp3) is 0.897. The number of unbranched alkanes of at least 4 members (excludes halogenated alkanes) is 30. The Morgan fingerprint density at radius 2 is 0.347 bits per heavy atom. The molecule has 0 radical (unpaired) electrons. The first-order valence-electron chi connectivity index (χ1n) is 39.3. The highest BCUT2D eigenvalue weighted by Crippen LogP contribution is 2.21. The van der Waals surface area contributed by atoms with Crippen LogP contribution in [-0.2, 0) is 38.4 Å². The van der Waals surface area contributed by atoms with E-state index in [4.69, 9.17) is 5.11 Å². The van der Waals surface area contributed by atoms with E-state index in [2.05, 4.69) is 54.2 Å². The molecule has 7 atom stereocenters. The summed E-state index contributed by atoms with van der Waals surface area (Å²) in [7, 11) is 17.7. The minimum Gasteiger partial charge on any atom is -0.396 e. The molecule has 0 fully saturated rings. The quantitative estimate of drug-likeness (QED) is 0.0353. The molecule has 0 saturated heterocycles. The first kappa shape index (κ1) is 92.0. The lowest BCUT2D eigenvalue weighted by Crippen LogP contribution is -2.47. The van der Waals surface area contributed by atoms with Gasteiger partial charge in [0.1, 0.15) is 52.1 Å². The molecule has 0 heterocycles. The van der Waals surface area contributed by atoms with Crippen LogP contribution in [0, 0.1) is 0 Å². The molecule has 556 valence electrons. The van der Waals surface area contributed by atoms with Gasteiger partial charge in [-0.1, -0.05) is 51.4 Å². The van der Waals surface area contributed by atoms with Crippen LogP contribution in [0.2, 0.25) is 0 Å². The van der Waals surface area contributed by atoms with Gasteiger partial charge < -0.3 is 41.3 Å². The van der Waals surface area contributed by atoms with Crippen molar-refractivity contribution in [1.82, 2.24) is 4.90 Å². The zero-order valence-electron chi connectivity index (χ0n) is 63.8. The molecule has 0 aliphatic rings. The van der Waals surface area contributed by atoms with Gasteiger partial charge >= 0.3 is 0 Å². The smallest absolute Gasteiger partial charge is 0.174 e. The molecule has 17 nitrogen and oxygen atoms in total. The van der Waals surface area contributed by atoms with Crippen LogP contribution in [0.25, 0.3) is 0 Å². The SMILES string of the molecule is CN(CC=O)CCCCCC[N+](C)(CC=O)CCCCCC[N+](C)(CC=O)CCCCCC[N+](C)(CC=O)CCCCCC[N+](C)(CC=O)CCCCCC[N+](C)(CC=O)CCCCCC[N+](C)(CC=O)CCCCCC[N+](C)(CC=O)CCCCCCCCCCCCO. The summed E-state index contributed by atoms with van der Waals surface area (Å²) in [5.41, 5.74) is 0. The highest BCUT2D eigenvalue weighted by Gasteiger charge is 2.27. The van der Waals surface area contributed by atoms with Crippen molar-refractivity contribution in [2.24, 2.45) is 0 Å². The van der Waals surface area contributed by atoms with Crippen molar-refractivity contribution in [3.8, 4) is 0 Å². The Morgan fingerprint density at radius 3 is 0.484 bits per heavy atom. The number of nitrogens with zero attached hydrogens (tertiary/aromatic N) is 8. The van der Waals surface area contributed by atoms with Crippen molar-refractivity contribution in [1.29, 1.82) is 0 Å². The van der Waals surface area contributed by atoms with Crippen LogP contribution in [0.4, 0.5) is 0 Å².